The number of carbonyl (C=O) groups excluding carboxylic acids is 1. The van der Waals surface area contributed by atoms with Gasteiger partial charge in [-0.15, -0.1) is 0 Å². The molecule has 2 aromatic rings. The van der Waals surface area contributed by atoms with Crippen LogP contribution in [0.1, 0.15) is 52.6 Å². The zero-order chi connectivity index (χ0) is 15.9. The van der Waals surface area contributed by atoms with Crippen molar-refractivity contribution >= 4 is 11.7 Å². The molecule has 0 saturated heterocycles. The van der Waals surface area contributed by atoms with E-state index in [0.29, 0.717) is 17.4 Å². The molecule has 1 N–H and O–H groups in total. The van der Waals surface area contributed by atoms with Crippen LogP contribution < -0.4 is 5.32 Å². The van der Waals surface area contributed by atoms with E-state index in [1.807, 2.05) is 6.92 Å². The number of hydrogen-bond acceptors (Lipinski definition) is 4. The molecule has 1 aliphatic rings. The standard InChI is InChI=1S/C18H21N3O/c1-10-5-6-14-8-11(2)17(15(14)7-10)21-18-19-9-16(13(4)22)12(3)20-18/h5-7,9,11,17H,8H2,1-4H3,(H,19,20,21)/t11-,17+/m0/s1. The van der Waals surface area contributed by atoms with Gasteiger partial charge < -0.3 is 5.32 Å². The fraction of sp³-hybridized carbons (Fsp3) is 0.389. The molecule has 4 heteroatoms. The molecule has 0 saturated carbocycles. The van der Waals surface area contributed by atoms with E-state index in [0.717, 1.165) is 12.1 Å². The van der Waals surface area contributed by atoms with Crippen molar-refractivity contribution in [2.45, 2.75) is 40.2 Å². The molecule has 0 fully saturated rings. The summed E-state index contributed by atoms with van der Waals surface area (Å²) in [6, 6.07) is 6.84. The first-order valence-electron chi connectivity index (χ1n) is 7.66. The van der Waals surface area contributed by atoms with E-state index in [1.165, 1.54) is 23.6 Å². The Morgan fingerprint density at radius 2 is 2.09 bits per heavy atom. The number of benzene rings is 1. The zero-order valence-corrected chi connectivity index (χ0v) is 13.5. The van der Waals surface area contributed by atoms with Crippen LogP contribution in [0, 0.1) is 19.8 Å². The normalized spacial score (nSPS) is 19.8. The Labute approximate surface area is 131 Å². The highest BCUT2D eigenvalue weighted by Gasteiger charge is 2.29. The third kappa shape index (κ3) is 2.61. The molecular formula is C18H21N3O. The van der Waals surface area contributed by atoms with Crippen molar-refractivity contribution in [1.29, 1.82) is 0 Å². The molecule has 0 spiro atoms. The second kappa shape index (κ2) is 5.52. The zero-order valence-electron chi connectivity index (χ0n) is 13.5. The summed E-state index contributed by atoms with van der Waals surface area (Å²) in [6.45, 7) is 7.74. The van der Waals surface area contributed by atoms with Crippen LogP contribution in [0.25, 0.3) is 0 Å². The number of nitrogens with zero attached hydrogens (tertiary/aromatic N) is 2. The first-order valence-corrected chi connectivity index (χ1v) is 7.66. The second-order valence-electron chi connectivity index (χ2n) is 6.25. The van der Waals surface area contributed by atoms with E-state index >= 15 is 0 Å². The van der Waals surface area contributed by atoms with Gasteiger partial charge in [-0.25, -0.2) is 9.97 Å². The number of Topliss-reactive ketones (excluding diaryl/α,β-unsaturated/α-hetero) is 1. The summed E-state index contributed by atoms with van der Waals surface area (Å²) in [5.41, 5.74) is 5.31. The molecule has 4 nitrogen and oxygen atoms in total. The third-order valence-corrected chi connectivity index (χ3v) is 4.39. The van der Waals surface area contributed by atoms with E-state index < -0.39 is 0 Å². The van der Waals surface area contributed by atoms with E-state index in [1.54, 1.807) is 6.20 Å². The molecule has 1 aliphatic carbocycles. The fourth-order valence-electron chi connectivity index (χ4n) is 3.20. The SMILES string of the molecule is CC(=O)c1cnc(N[C@H]2c3cc(C)ccc3C[C@@H]2C)nc1C. The summed E-state index contributed by atoms with van der Waals surface area (Å²) in [4.78, 5) is 20.2. The van der Waals surface area contributed by atoms with Gasteiger partial charge in [-0.05, 0) is 44.2 Å². The predicted molar refractivity (Wildman–Crippen MR) is 87.2 cm³/mol. The highest BCUT2D eigenvalue weighted by Crippen LogP contribution is 2.38. The van der Waals surface area contributed by atoms with Gasteiger partial charge in [-0.2, -0.15) is 0 Å². The maximum Gasteiger partial charge on any atom is 0.223 e. The third-order valence-electron chi connectivity index (χ3n) is 4.39. The van der Waals surface area contributed by atoms with Gasteiger partial charge in [0.15, 0.2) is 5.78 Å². The average Bonchev–Trinajstić information content (AvgIpc) is 2.75. The predicted octanol–water partition coefficient (Wildman–Crippen LogP) is 3.64. The number of fused-ring (bicyclic) bond motifs is 1. The van der Waals surface area contributed by atoms with Crippen LogP contribution in [-0.4, -0.2) is 15.8 Å². The van der Waals surface area contributed by atoms with Crippen molar-refractivity contribution in [2.24, 2.45) is 5.92 Å². The number of ketones is 1. The topological polar surface area (TPSA) is 54.9 Å². The summed E-state index contributed by atoms with van der Waals surface area (Å²) in [7, 11) is 0. The van der Waals surface area contributed by atoms with E-state index in [-0.39, 0.29) is 11.8 Å². The molecule has 22 heavy (non-hydrogen) atoms. The molecule has 1 aromatic heterocycles. The minimum atomic E-state index is -0.000690. The van der Waals surface area contributed by atoms with Gasteiger partial charge in [-0.3, -0.25) is 4.79 Å². The van der Waals surface area contributed by atoms with Crippen LogP contribution in [0.2, 0.25) is 0 Å². The monoisotopic (exact) mass is 295 g/mol. The average molecular weight is 295 g/mol. The van der Waals surface area contributed by atoms with Crippen molar-refractivity contribution in [3.05, 3.63) is 52.3 Å². The summed E-state index contributed by atoms with van der Waals surface area (Å²) in [6.07, 6.45) is 2.68. The van der Waals surface area contributed by atoms with Gasteiger partial charge in [0.25, 0.3) is 0 Å². The van der Waals surface area contributed by atoms with Crippen molar-refractivity contribution in [2.75, 3.05) is 5.32 Å². The summed E-state index contributed by atoms with van der Waals surface area (Å²) in [5, 5.41) is 3.45. The molecule has 3 rings (SSSR count). The molecule has 2 atom stereocenters. The Hall–Kier alpha value is -2.23. The summed E-state index contributed by atoms with van der Waals surface area (Å²) in [5.74, 6) is 1.08. The van der Waals surface area contributed by atoms with Gasteiger partial charge >= 0.3 is 0 Å². The Morgan fingerprint density at radius 1 is 1.32 bits per heavy atom. The number of aromatic nitrogens is 2. The van der Waals surface area contributed by atoms with Gasteiger partial charge in [0.1, 0.15) is 0 Å². The number of nitrogens with one attached hydrogen (secondary N) is 1. The fourth-order valence-corrected chi connectivity index (χ4v) is 3.20. The maximum atomic E-state index is 11.5. The van der Waals surface area contributed by atoms with Crippen molar-refractivity contribution < 1.29 is 4.79 Å². The van der Waals surface area contributed by atoms with Crippen molar-refractivity contribution in [3.8, 4) is 0 Å². The lowest BCUT2D eigenvalue weighted by Gasteiger charge is -2.19. The molecule has 1 aromatic carbocycles. The lowest BCUT2D eigenvalue weighted by Crippen LogP contribution is -2.17. The number of hydrogen-bond donors (Lipinski definition) is 1. The van der Waals surface area contributed by atoms with Crippen LogP contribution in [0.15, 0.2) is 24.4 Å². The minimum Gasteiger partial charge on any atom is -0.347 e. The first-order chi connectivity index (χ1) is 10.5. The van der Waals surface area contributed by atoms with Crippen LogP contribution in [-0.2, 0) is 6.42 Å². The van der Waals surface area contributed by atoms with E-state index in [4.69, 9.17) is 0 Å². The van der Waals surface area contributed by atoms with Crippen LogP contribution in [0.5, 0.6) is 0 Å². The number of rotatable bonds is 3. The molecule has 0 amide bonds. The van der Waals surface area contributed by atoms with Gasteiger partial charge in [0.05, 0.1) is 17.3 Å². The molecule has 0 aliphatic heterocycles. The largest absolute Gasteiger partial charge is 0.347 e. The number of anilines is 1. The molecule has 0 unspecified atom stereocenters. The Kier molecular flexibility index (Phi) is 3.69. The van der Waals surface area contributed by atoms with E-state index in [9.17, 15) is 4.79 Å². The Morgan fingerprint density at radius 3 is 2.77 bits per heavy atom. The number of carbonyl (C=O) groups is 1. The maximum absolute atomic E-state index is 11.5. The molecule has 0 bridgehead atoms. The molecule has 0 radical (unpaired) electrons. The first kappa shape index (κ1) is 14.7. The van der Waals surface area contributed by atoms with Crippen molar-refractivity contribution in [3.63, 3.8) is 0 Å². The minimum absolute atomic E-state index is 0.000690. The van der Waals surface area contributed by atoms with Gasteiger partial charge in [0.2, 0.25) is 5.95 Å². The van der Waals surface area contributed by atoms with Crippen LogP contribution in [0.4, 0.5) is 5.95 Å². The lowest BCUT2D eigenvalue weighted by atomic mass is 10.0. The smallest absolute Gasteiger partial charge is 0.223 e. The quantitative estimate of drug-likeness (QED) is 0.878. The van der Waals surface area contributed by atoms with Gasteiger partial charge in [-0.1, -0.05) is 30.7 Å². The Bertz CT molecular complexity index is 739. The second-order valence-corrected chi connectivity index (χ2v) is 6.25. The lowest BCUT2D eigenvalue weighted by molar-refractivity contribution is 0.101. The molecule has 114 valence electrons. The molecule has 1 heterocycles. The number of aryl methyl sites for hydroxylation is 2. The highest BCUT2D eigenvalue weighted by atomic mass is 16.1. The summed E-state index contributed by atoms with van der Waals surface area (Å²) >= 11 is 0. The summed E-state index contributed by atoms with van der Waals surface area (Å²) < 4.78 is 0. The van der Waals surface area contributed by atoms with Gasteiger partial charge in [0, 0.05) is 6.20 Å². The van der Waals surface area contributed by atoms with E-state index in [2.05, 4.69) is 47.3 Å². The van der Waals surface area contributed by atoms with Crippen molar-refractivity contribution in [1.82, 2.24) is 9.97 Å². The molecular weight excluding hydrogens is 274 g/mol. The highest BCUT2D eigenvalue weighted by molar-refractivity contribution is 5.94. The Balaban J connectivity index is 1.89. The van der Waals surface area contributed by atoms with Crippen LogP contribution in [0.3, 0.4) is 0 Å². The van der Waals surface area contributed by atoms with Crippen LogP contribution >= 0.6 is 0 Å².